The van der Waals surface area contributed by atoms with Gasteiger partial charge in [0.25, 0.3) is 0 Å². The minimum absolute atomic E-state index is 0.0251. The van der Waals surface area contributed by atoms with E-state index in [1.807, 2.05) is 0 Å². The van der Waals surface area contributed by atoms with Gasteiger partial charge in [0.05, 0.1) is 24.9 Å². The lowest BCUT2D eigenvalue weighted by Crippen LogP contribution is -2.26. The Morgan fingerprint density at radius 1 is 1.21 bits per heavy atom. The Balaban J connectivity index is 1.78. The van der Waals surface area contributed by atoms with Gasteiger partial charge in [-0.3, -0.25) is 4.79 Å². The molecule has 1 aromatic heterocycles. The number of benzene rings is 2. The molecule has 0 aliphatic heterocycles. The SMILES string of the molecule is COc1cc(OC)c(NC(=O)Cn2nc(-c3ccc(F)cc3)oc2=O)cc1Cl. The number of aromatic nitrogens is 2. The number of nitrogens with zero attached hydrogens (tertiary/aromatic N) is 2. The Morgan fingerprint density at radius 3 is 2.54 bits per heavy atom. The van der Waals surface area contributed by atoms with Crippen LogP contribution < -0.4 is 20.5 Å². The maximum atomic E-state index is 13.0. The van der Waals surface area contributed by atoms with E-state index >= 15 is 0 Å². The molecule has 0 saturated heterocycles. The summed E-state index contributed by atoms with van der Waals surface area (Å²) in [6.45, 7) is -0.406. The number of methoxy groups -OCH3 is 2. The molecule has 146 valence electrons. The Kier molecular flexibility index (Phi) is 5.65. The van der Waals surface area contributed by atoms with Gasteiger partial charge in [-0.2, -0.15) is 4.68 Å². The fraction of sp³-hybridized carbons (Fsp3) is 0.167. The molecule has 0 fully saturated rings. The molecule has 0 atom stereocenters. The van der Waals surface area contributed by atoms with Crippen LogP contribution in [0.5, 0.6) is 11.5 Å². The van der Waals surface area contributed by atoms with Crippen molar-refractivity contribution in [1.29, 1.82) is 0 Å². The second-order valence-electron chi connectivity index (χ2n) is 5.57. The fourth-order valence-electron chi connectivity index (χ4n) is 2.40. The lowest BCUT2D eigenvalue weighted by atomic mass is 10.2. The summed E-state index contributed by atoms with van der Waals surface area (Å²) in [6, 6.07) is 8.23. The van der Waals surface area contributed by atoms with Gasteiger partial charge in [0.15, 0.2) is 0 Å². The van der Waals surface area contributed by atoms with Crippen LogP contribution >= 0.6 is 11.6 Å². The number of carbonyl (C=O) groups is 1. The van der Waals surface area contributed by atoms with Crippen LogP contribution in [0.2, 0.25) is 5.02 Å². The highest BCUT2D eigenvalue weighted by Gasteiger charge is 2.16. The molecule has 0 saturated carbocycles. The van der Waals surface area contributed by atoms with Crippen LogP contribution in [0.1, 0.15) is 0 Å². The maximum absolute atomic E-state index is 13.0. The first-order valence-electron chi connectivity index (χ1n) is 7.96. The summed E-state index contributed by atoms with van der Waals surface area (Å²) in [6.07, 6.45) is 0. The first-order chi connectivity index (χ1) is 13.4. The summed E-state index contributed by atoms with van der Waals surface area (Å²) in [7, 11) is 2.88. The molecule has 0 spiro atoms. The highest BCUT2D eigenvalue weighted by molar-refractivity contribution is 6.32. The van der Waals surface area contributed by atoms with Crippen molar-refractivity contribution in [2.24, 2.45) is 0 Å². The molecule has 0 bridgehead atoms. The molecule has 1 heterocycles. The van der Waals surface area contributed by atoms with E-state index in [-0.39, 0.29) is 10.9 Å². The first kappa shape index (κ1) is 19.4. The fourth-order valence-corrected chi connectivity index (χ4v) is 2.64. The van der Waals surface area contributed by atoms with Crippen LogP contribution in [0.4, 0.5) is 10.1 Å². The standard InChI is InChI=1S/C18H15ClFN3O5/c1-26-14-8-15(27-2)13(7-12(14)19)21-16(24)9-23-18(25)28-17(22-23)10-3-5-11(20)6-4-10/h3-8H,9H2,1-2H3,(H,21,24). The third-order valence-corrected chi connectivity index (χ3v) is 4.03. The highest BCUT2D eigenvalue weighted by atomic mass is 35.5. The Labute approximate surface area is 163 Å². The van der Waals surface area contributed by atoms with Crippen LogP contribution in [-0.4, -0.2) is 29.9 Å². The molecule has 0 aliphatic carbocycles. The molecular weight excluding hydrogens is 393 g/mol. The number of ether oxygens (including phenoxy) is 2. The van der Waals surface area contributed by atoms with E-state index in [1.54, 1.807) is 0 Å². The van der Waals surface area contributed by atoms with Crippen molar-refractivity contribution in [2.45, 2.75) is 6.54 Å². The monoisotopic (exact) mass is 407 g/mol. The molecular formula is C18H15ClFN3O5. The normalized spacial score (nSPS) is 10.6. The van der Waals surface area contributed by atoms with Gasteiger partial charge in [-0.05, 0) is 30.3 Å². The third-order valence-electron chi connectivity index (χ3n) is 3.74. The van der Waals surface area contributed by atoms with Crippen molar-refractivity contribution in [3.05, 3.63) is 57.8 Å². The number of hydrogen-bond acceptors (Lipinski definition) is 6. The largest absolute Gasteiger partial charge is 0.495 e. The predicted molar refractivity (Wildman–Crippen MR) is 99.3 cm³/mol. The van der Waals surface area contributed by atoms with Gasteiger partial charge in [-0.1, -0.05) is 11.6 Å². The van der Waals surface area contributed by atoms with E-state index in [1.165, 1.54) is 50.6 Å². The first-order valence-corrected chi connectivity index (χ1v) is 8.34. The minimum Gasteiger partial charge on any atom is -0.495 e. The molecule has 10 heteroatoms. The molecule has 0 radical (unpaired) electrons. The van der Waals surface area contributed by atoms with Gasteiger partial charge in [0.2, 0.25) is 11.8 Å². The topological polar surface area (TPSA) is 95.6 Å². The van der Waals surface area contributed by atoms with E-state index in [0.29, 0.717) is 22.7 Å². The summed E-state index contributed by atoms with van der Waals surface area (Å²) in [5.41, 5.74) is 0.704. The lowest BCUT2D eigenvalue weighted by molar-refractivity contribution is -0.117. The average Bonchev–Trinajstić information content (AvgIpc) is 3.03. The van der Waals surface area contributed by atoms with Gasteiger partial charge in [-0.15, -0.1) is 5.10 Å². The second kappa shape index (κ2) is 8.13. The summed E-state index contributed by atoms with van der Waals surface area (Å²) < 4.78 is 29.2. The number of rotatable bonds is 6. The van der Waals surface area contributed by atoms with Crippen LogP contribution in [0.25, 0.3) is 11.5 Å². The molecule has 8 nitrogen and oxygen atoms in total. The molecule has 1 amide bonds. The number of carbonyl (C=O) groups excluding carboxylic acids is 1. The van der Waals surface area contributed by atoms with E-state index in [9.17, 15) is 14.0 Å². The van der Waals surface area contributed by atoms with Gasteiger partial charge in [0.1, 0.15) is 23.9 Å². The zero-order chi connectivity index (χ0) is 20.3. The summed E-state index contributed by atoms with van der Waals surface area (Å²) >= 11 is 6.07. The Morgan fingerprint density at radius 2 is 1.89 bits per heavy atom. The van der Waals surface area contributed by atoms with Crippen molar-refractivity contribution >= 4 is 23.2 Å². The average molecular weight is 408 g/mol. The van der Waals surface area contributed by atoms with Gasteiger partial charge < -0.3 is 19.2 Å². The molecule has 1 N–H and O–H groups in total. The van der Waals surface area contributed by atoms with Crippen LogP contribution in [-0.2, 0) is 11.3 Å². The van der Waals surface area contributed by atoms with Crippen molar-refractivity contribution in [3.63, 3.8) is 0 Å². The van der Waals surface area contributed by atoms with E-state index in [0.717, 1.165) is 4.68 Å². The van der Waals surface area contributed by atoms with Gasteiger partial charge >= 0.3 is 5.76 Å². The van der Waals surface area contributed by atoms with Gasteiger partial charge in [0, 0.05) is 11.6 Å². The smallest absolute Gasteiger partial charge is 0.437 e. The van der Waals surface area contributed by atoms with Crippen LogP contribution in [0.15, 0.2) is 45.6 Å². The molecule has 3 rings (SSSR count). The zero-order valence-electron chi connectivity index (χ0n) is 14.9. The third kappa shape index (κ3) is 4.15. The Hall–Kier alpha value is -3.33. The van der Waals surface area contributed by atoms with Crippen LogP contribution in [0, 0.1) is 5.82 Å². The quantitative estimate of drug-likeness (QED) is 0.675. The Bertz CT molecular complexity index is 1060. The number of nitrogens with one attached hydrogen (secondary N) is 1. The maximum Gasteiger partial charge on any atom is 0.437 e. The zero-order valence-corrected chi connectivity index (χ0v) is 15.6. The van der Waals surface area contributed by atoms with Crippen LogP contribution in [0.3, 0.4) is 0 Å². The summed E-state index contributed by atoms with van der Waals surface area (Å²) in [5.74, 6) is -1.13. The number of hydrogen-bond donors (Lipinski definition) is 1. The molecule has 3 aromatic rings. The lowest BCUT2D eigenvalue weighted by Gasteiger charge is -2.12. The molecule has 0 aliphatic rings. The van der Waals surface area contributed by atoms with E-state index in [4.69, 9.17) is 25.5 Å². The van der Waals surface area contributed by atoms with E-state index < -0.39 is 24.0 Å². The second-order valence-corrected chi connectivity index (χ2v) is 5.98. The number of anilines is 1. The van der Waals surface area contributed by atoms with Gasteiger partial charge in [-0.25, -0.2) is 9.18 Å². The number of amides is 1. The summed E-state index contributed by atoms with van der Waals surface area (Å²) in [4.78, 5) is 24.3. The molecule has 0 unspecified atom stereocenters. The molecule has 2 aromatic carbocycles. The highest BCUT2D eigenvalue weighted by Crippen LogP contribution is 2.35. The minimum atomic E-state index is -0.825. The molecule has 28 heavy (non-hydrogen) atoms. The number of halogens is 2. The van der Waals surface area contributed by atoms with Crippen molar-refractivity contribution in [3.8, 4) is 23.0 Å². The summed E-state index contributed by atoms with van der Waals surface area (Å²) in [5, 5.41) is 6.82. The van der Waals surface area contributed by atoms with Crippen molar-refractivity contribution in [1.82, 2.24) is 9.78 Å². The van der Waals surface area contributed by atoms with E-state index in [2.05, 4.69) is 10.4 Å². The predicted octanol–water partition coefficient (Wildman–Crippen LogP) is 2.95. The van der Waals surface area contributed by atoms with Crippen molar-refractivity contribution < 1.29 is 23.1 Å². The van der Waals surface area contributed by atoms with Crippen molar-refractivity contribution in [2.75, 3.05) is 19.5 Å².